The van der Waals surface area contributed by atoms with Crippen LogP contribution in [0.4, 0.5) is 17.1 Å². The average molecular weight is 733 g/mol. The second-order valence-corrected chi connectivity index (χ2v) is 17.0. The van der Waals surface area contributed by atoms with Gasteiger partial charge >= 0.3 is 0 Å². The highest BCUT2D eigenvalue weighted by Crippen LogP contribution is 2.48. The van der Waals surface area contributed by atoms with Gasteiger partial charge in [0, 0.05) is 79.6 Å². The zero-order chi connectivity index (χ0) is 35.8. The topological polar surface area (TPSA) is 8.17 Å². The number of nitrogens with zero attached hydrogens (tertiary/aromatic N) is 2. The summed E-state index contributed by atoms with van der Waals surface area (Å²) < 4.78 is 7.90. The van der Waals surface area contributed by atoms with E-state index in [-0.39, 0.29) is 6.71 Å². The van der Waals surface area contributed by atoms with E-state index < -0.39 is 0 Å². The summed E-state index contributed by atoms with van der Waals surface area (Å²) in [5, 5.41) is 6.56. The minimum Gasteiger partial charge on any atom is -0.311 e. The lowest BCUT2D eigenvalue weighted by Gasteiger charge is -2.40. The van der Waals surface area contributed by atoms with Crippen molar-refractivity contribution in [2.75, 3.05) is 4.90 Å². The van der Waals surface area contributed by atoms with Crippen molar-refractivity contribution in [1.29, 1.82) is 0 Å². The van der Waals surface area contributed by atoms with E-state index in [4.69, 9.17) is 0 Å². The maximum Gasteiger partial charge on any atom is 0.252 e. The van der Waals surface area contributed by atoms with E-state index in [2.05, 4.69) is 185 Å². The van der Waals surface area contributed by atoms with Crippen LogP contribution in [-0.2, 0) is 0 Å². The molecular weight excluding hydrogens is 704 g/mol. The summed E-state index contributed by atoms with van der Waals surface area (Å²) in [5.74, 6) is 0. The zero-order valence-electron chi connectivity index (χ0n) is 29.5. The Labute approximate surface area is 325 Å². The van der Waals surface area contributed by atoms with E-state index in [1.165, 1.54) is 113 Å². The van der Waals surface area contributed by atoms with E-state index >= 15 is 0 Å². The van der Waals surface area contributed by atoms with Crippen molar-refractivity contribution in [3.8, 4) is 28.1 Å². The summed E-state index contributed by atoms with van der Waals surface area (Å²) in [6.45, 7) is 0.0658. The Kier molecular flexibility index (Phi) is 6.04. The first-order valence-corrected chi connectivity index (χ1v) is 20.5. The molecule has 0 saturated heterocycles. The average Bonchev–Trinajstić information content (AvgIpc) is 3.92. The van der Waals surface area contributed by atoms with Crippen LogP contribution in [0.1, 0.15) is 0 Å². The molecule has 5 heteroatoms. The molecule has 0 bridgehead atoms. The lowest BCUT2D eigenvalue weighted by atomic mass is 9.34. The molecule has 55 heavy (non-hydrogen) atoms. The predicted octanol–water partition coefficient (Wildman–Crippen LogP) is 12.3. The standard InChI is InChI=1S/C50H29BN2S2/c1-3-13-30(14-4-1)47-35-19-11-20-38-50(35)53(49(47)31-15-5-2-6-16-31)41-22-12-21-40-48(41)51(38)39-29-46-37(34-18-8-10-24-44(34)55-46)28-42(39)52(40)32-25-26-45-36(27-32)33-17-7-9-23-43(33)54-45/h1-29H. The first-order valence-electron chi connectivity index (χ1n) is 18.9. The number of rotatable bonds is 3. The molecule has 0 amide bonds. The maximum atomic E-state index is 2.59. The molecule has 2 aliphatic rings. The number of anilines is 3. The second kappa shape index (κ2) is 11.1. The lowest BCUT2D eigenvalue weighted by Crippen LogP contribution is -2.60. The lowest BCUT2D eigenvalue weighted by molar-refractivity contribution is 1.14. The van der Waals surface area contributed by atoms with Gasteiger partial charge in [0.05, 0.1) is 5.69 Å². The summed E-state index contributed by atoms with van der Waals surface area (Å²) >= 11 is 3.79. The van der Waals surface area contributed by atoms with E-state index in [1.807, 2.05) is 22.7 Å². The highest BCUT2D eigenvalue weighted by molar-refractivity contribution is 7.26. The summed E-state index contributed by atoms with van der Waals surface area (Å²) in [7, 11) is 0. The van der Waals surface area contributed by atoms with Gasteiger partial charge in [0.25, 0.3) is 6.71 Å². The van der Waals surface area contributed by atoms with Crippen LogP contribution in [-0.4, -0.2) is 11.3 Å². The molecule has 13 rings (SSSR count). The number of hydrogen-bond donors (Lipinski definition) is 0. The van der Waals surface area contributed by atoms with Gasteiger partial charge in [0.2, 0.25) is 0 Å². The molecule has 3 aromatic heterocycles. The van der Waals surface area contributed by atoms with Crippen LogP contribution in [0.25, 0.3) is 79.3 Å². The van der Waals surface area contributed by atoms with Crippen LogP contribution >= 0.6 is 22.7 Å². The van der Waals surface area contributed by atoms with Crippen molar-refractivity contribution < 1.29 is 0 Å². The number of benzene rings is 8. The van der Waals surface area contributed by atoms with Crippen molar-refractivity contribution in [2.24, 2.45) is 0 Å². The van der Waals surface area contributed by atoms with Crippen molar-refractivity contribution >= 4 is 114 Å². The molecule has 0 saturated carbocycles. The second-order valence-electron chi connectivity index (χ2n) is 14.8. The van der Waals surface area contributed by atoms with Crippen molar-refractivity contribution in [1.82, 2.24) is 4.57 Å². The fourth-order valence-electron chi connectivity index (χ4n) is 9.77. The molecule has 8 aromatic carbocycles. The van der Waals surface area contributed by atoms with Gasteiger partial charge in [-0.05, 0) is 82.1 Å². The van der Waals surface area contributed by atoms with Crippen LogP contribution in [0, 0.1) is 0 Å². The molecule has 0 fully saturated rings. The Balaban J connectivity index is 1.18. The third-order valence-electron chi connectivity index (χ3n) is 12.0. The Morgan fingerprint density at radius 2 is 1.02 bits per heavy atom. The van der Waals surface area contributed by atoms with Crippen molar-refractivity contribution in [2.45, 2.75) is 0 Å². The van der Waals surface area contributed by atoms with Gasteiger partial charge < -0.3 is 9.47 Å². The zero-order valence-corrected chi connectivity index (χ0v) is 31.2. The number of fused-ring (bicyclic) bond motifs is 10. The number of hydrogen-bond acceptors (Lipinski definition) is 3. The Morgan fingerprint density at radius 1 is 0.400 bits per heavy atom. The van der Waals surface area contributed by atoms with Gasteiger partial charge in [-0.25, -0.2) is 0 Å². The largest absolute Gasteiger partial charge is 0.311 e. The van der Waals surface area contributed by atoms with Gasteiger partial charge in [-0.15, -0.1) is 22.7 Å². The highest BCUT2D eigenvalue weighted by Gasteiger charge is 2.43. The molecule has 11 aromatic rings. The van der Waals surface area contributed by atoms with Gasteiger partial charge in [0.1, 0.15) is 0 Å². The minimum absolute atomic E-state index is 0.0658. The van der Waals surface area contributed by atoms with E-state index in [0.717, 1.165) is 0 Å². The third kappa shape index (κ3) is 4.04. The summed E-state index contributed by atoms with van der Waals surface area (Å²) in [6.07, 6.45) is 0. The number of aromatic nitrogens is 1. The first kappa shape index (κ1) is 30.0. The normalized spacial score (nSPS) is 13.0. The molecular formula is C50H29BN2S2. The predicted molar refractivity (Wildman–Crippen MR) is 239 cm³/mol. The summed E-state index contributed by atoms with van der Waals surface area (Å²) in [5.41, 5.74) is 15.3. The fourth-order valence-corrected chi connectivity index (χ4v) is 12.0. The molecule has 0 spiro atoms. The van der Waals surface area contributed by atoms with Crippen molar-refractivity contribution in [3.05, 3.63) is 176 Å². The number of thiophene rings is 2. The Morgan fingerprint density at radius 3 is 1.80 bits per heavy atom. The molecule has 0 unspecified atom stereocenters. The molecule has 2 aliphatic heterocycles. The third-order valence-corrected chi connectivity index (χ3v) is 14.3. The summed E-state index contributed by atoms with van der Waals surface area (Å²) in [6, 6.07) is 65.8. The maximum absolute atomic E-state index is 2.59. The van der Waals surface area contributed by atoms with E-state index in [9.17, 15) is 0 Å². The monoisotopic (exact) mass is 732 g/mol. The SMILES string of the molecule is c1ccc(-c2c(-c3ccccc3)n3c4c(cccc24)B2c4cc5sc6ccccc6c5cc4N(c4ccc5sc6ccccc6c5c4)c4cccc-3c42)cc1. The Bertz CT molecular complexity index is 3390. The molecule has 0 radical (unpaired) electrons. The summed E-state index contributed by atoms with van der Waals surface area (Å²) in [4.78, 5) is 2.57. The van der Waals surface area contributed by atoms with Crippen LogP contribution < -0.4 is 21.3 Å². The smallest absolute Gasteiger partial charge is 0.252 e. The fraction of sp³-hybridized carbons (Fsp3) is 0. The first-order chi connectivity index (χ1) is 27.3. The molecule has 2 nitrogen and oxygen atoms in total. The van der Waals surface area contributed by atoms with Crippen molar-refractivity contribution in [3.63, 3.8) is 0 Å². The minimum atomic E-state index is 0.0658. The Hall–Kier alpha value is -6.40. The van der Waals surface area contributed by atoms with E-state index in [1.54, 1.807) is 0 Å². The van der Waals surface area contributed by atoms with E-state index in [0.29, 0.717) is 0 Å². The molecule has 0 aliphatic carbocycles. The van der Waals surface area contributed by atoms with Crippen LogP contribution in [0.15, 0.2) is 176 Å². The van der Waals surface area contributed by atoms with Crippen LogP contribution in [0.2, 0.25) is 0 Å². The quantitative estimate of drug-likeness (QED) is 0.164. The number of para-hydroxylation sites is 1. The molecule has 0 N–H and O–H groups in total. The van der Waals surface area contributed by atoms with Gasteiger partial charge in [-0.2, -0.15) is 0 Å². The van der Waals surface area contributed by atoms with Crippen LogP contribution in [0.5, 0.6) is 0 Å². The van der Waals surface area contributed by atoms with Gasteiger partial charge in [-0.3, -0.25) is 0 Å². The van der Waals surface area contributed by atoms with Gasteiger partial charge in [0.15, 0.2) is 0 Å². The van der Waals surface area contributed by atoms with Gasteiger partial charge in [-0.1, -0.05) is 121 Å². The van der Waals surface area contributed by atoms with Crippen LogP contribution in [0.3, 0.4) is 0 Å². The molecule has 5 heterocycles. The highest BCUT2D eigenvalue weighted by atomic mass is 32.1. The molecule has 0 atom stereocenters. The molecule has 254 valence electrons.